The molecule has 0 spiro atoms. The molecule has 0 aliphatic carbocycles. The first-order valence-electron chi connectivity index (χ1n) is 6.74. The molecule has 1 saturated heterocycles. The number of likely N-dealkylation sites (N-methyl/N-ethyl adjacent to an activating group) is 1. The van der Waals surface area contributed by atoms with Gasteiger partial charge >= 0.3 is 0 Å². The second-order valence-electron chi connectivity index (χ2n) is 5.22. The van der Waals surface area contributed by atoms with Crippen LogP contribution in [0.15, 0.2) is 0 Å². The molecule has 0 saturated carbocycles. The maximum atomic E-state index is 6.00. The lowest BCUT2D eigenvalue weighted by molar-refractivity contribution is 0.147. The zero-order valence-electron chi connectivity index (χ0n) is 12.1. The van der Waals surface area contributed by atoms with Crippen molar-refractivity contribution >= 4 is 11.3 Å². The minimum atomic E-state index is 0.0314. The number of hydrogen-bond donors (Lipinski definition) is 1. The van der Waals surface area contributed by atoms with Crippen LogP contribution in [-0.2, 0) is 17.9 Å². The van der Waals surface area contributed by atoms with E-state index < -0.39 is 0 Å². The average molecular weight is 284 g/mol. The number of ether oxygens (including phenoxy) is 1. The molecular formula is C13H24N4OS. The van der Waals surface area contributed by atoms with Crippen LogP contribution in [0.1, 0.15) is 28.5 Å². The van der Waals surface area contributed by atoms with E-state index in [1.165, 1.54) is 0 Å². The fraction of sp³-hybridized carbons (Fsp3) is 0.769. The van der Waals surface area contributed by atoms with Gasteiger partial charge < -0.3 is 15.4 Å². The minimum absolute atomic E-state index is 0.0314. The van der Waals surface area contributed by atoms with Crippen LogP contribution in [0.4, 0.5) is 0 Å². The molecule has 2 heterocycles. The van der Waals surface area contributed by atoms with Crippen LogP contribution in [0.2, 0.25) is 0 Å². The van der Waals surface area contributed by atoms with Gasteiger partial charge in [0.1, 0.15) is 5.01 Å². The molecule has 108 valence electrons. The van der Waals surface area contributed by atoms with Gasteiger partial charge in [-0.2, -0.15) is 0 Å². The second-order valence-corrected chi connectivity index (χ2v) is 6.33. The molecule has 2 N–H and O–H groups in total. The molecule has 0 amide bonds. The third kappa shape index (κ3) is 3.97. The Hall–Kier alpha value is -0.530. The molecule has 1 fully saturated rings. The van der Waals surface area contributed by atoms with E-state index in [4.69, 9.17) is 15.5 Å². The van der Waals surface area contributed by atoms with Crippen molar-refractivity contribution in [3.05, 3.63) is 15.6 Å². The zero-order chi connectivity index (χ0) is 13.8. The number of methoxy groups -OCH3 is 1. The first kappa shape index (κ1) is 14.9. The van der Waals surface area contributed by atoms with Crippen LogP contribution >= 0.6 is 11.3 Å². The summed E-state index contributed by atoms with van der Waals surface area (Å²) in [6.07, 6.45) is 0. The lowest BCUT2D eigenvalue weighted by Gasteiger charge is -2.31. The highest BCUT2D eigenvalue weighted by molar-refractivity contribution is 7.11. The van der Waals surface area contributed by atoms with Gasteiger partial charge in [-0.1, -0.05) is 0 Å². The van der Waals surface area contributed by atoms with Gasteiger partial charge in [0, 0.05) is 44.2 Å². The fourth-order valence-electron chi connectivity index (χ4n) is 2.28. The van der Waals surface area contributed by atoms with Gasteiger partial charge in [0.05, 0.1) is 18.8 Å². The highest BCUT2D eigenvalue weighted by Gasteiger charge is 2.18. The van der Waals surface area contributed by atoms with E-state index in [0.29, 0.717) is 6.61 Å². The Morgan fingerprint density at radius 1 is 1.37 bits per heavy atom. The van der Waals surface area contributed by atoms with Gasteiger partial charge in [-0.3, -0.25) is 4.90 Å². The van der Waals surface area contributed by atoms with E-state index in [0.717, 1.165) is 48.3 Å². The number of nitrogens with zero attached hydrogens (tertiary/aromatic N) is 3. The molecule has 19 heavy (non-hydrogen) atoms. The Kier molecular flexibility index (Phi) is 5.29. The van der Waals surface area contributed by atoms with Crippen molar-refractivity contribution < 1.29 is 4.74 Å². The van der Waals surface area contributed by atoms with Gasteiger partial charge in [0.15, 0.2) is 0 Å². The third-order valence-electron chi connectivity index (χ3n) is 3.42. The van der Waals surface area contributed by atoms with Gasteiger partial charge in [0.25, 0.3) is 0 Å². The number of aromatic nitrogens is 1. The zero-order valence-corrected chi connectivity index (χ0v) is 12.9. The molecule has 1 aliphatic rings. The monoisotopic (exact) mass is 284 g/mol. The normalized spacial score (nSPS) is 19.8. The molecule has 6 heteroatoms. The summed E-state index contributed by atoms with van der Waals surface area (Å²) in [5, 5.41) is 1.16. The van der Waals surface area contributed by atoms with E-state index >= 15 is 0 Å². The standard InChI is InChI=1S/C13H24N4OS/c1-10(14)13-11(9-18-3)15-12(19-13)8-17-6-4-16(2)5-7-17/h10H,4-9,14H2,1-3H3. The quantitative estimate of drug-likeness (QED) is 0.876. The van der Waals surface area contributed by atoms with Gasteiger partial charge in [-0.15, -0.1) is 11.3 Å². The molecule has 1 aromatic rings. The van der Waals surface area contributed by atoms with E-state index in [1.54, 1.807) is 18.4 Å². The van der Waals surface area contributed by atoms with Crippen LogP contribution in [0.3, 0.4) is 0 Å². The molecular weight excluding hydrogens is 260 g/mol. The smallest absolute Gasteiger partial charge is 0.107 e. The summed E-state index contributed by atoms with van der Waals surface area (Å²) >= 11 is 1.73. The molecule has 0 aromatic carbocycles. The molecule has 5 nitrogen and oxygen atoms in total. The Balaban J connectivity index is 2.02. The molecule has 1 atom stereocenters. The van der Waals surface area contributed by atoms with Gasteiger partial charge in [-0.25, -0.2) is 4.98 Å². The minimum Gasteiger partial charge on any atom is -0.378 e. The number of nitrogens with two attached hydrogens (primary N) is 1. The van der Waals surface area contributed by atoms with Crippen LogP contribution in [0.5, 0.6) is 0 Å². The number of piperazine rings is 1. The van der Waals surface area contributed by atoms with E-state index in [9.17, 15) is 0 Å². The van der Waals surface area contributed by atoms with Crippen molar-refractivity contribution in [2.24, 2.45) is 5.73 Å². The predicted octanol–water partition coefficient (Wildman–Crippen LogP) is 1.06. The first-order valence-corrected chi connectivity index (χ1v) is 7.55. The Bertz CT molecular complexity index is 399. The first-order chi connectivity index (χ1) is 9.10. The van der Waals surface area contributed by atoms with Crippen molar-refractivity contribution in [2.45, 2.75) is 26.1 Å². The predicted molar refractivity (Wildman–Crippen MR) is 78.2 cm³/mol. The Morgan fingerprint density at radius 3 is 2.63 bits per heavy atom. The third-order valence-corrected chi connectivity index (χ3v) is 4.70. The average Bonchev–Trinajstić information content (AvgIpc) is 2.76. The van der Waals surface area contributed by atoms with E-state index in [-0.39, 0.29) is 6.04 Å². The Labute approximate surface area is 119 Å². The summed E-state index contributed by atoms with van der Waals surface area (Å²) in [6, 6.07) is 0.0314. The summed E-state index contributed by atoms with van der Waals surface area (Å²) in [6.45, 7) is 7.99. The van der Waals surface area contributed by atoms with Crippen LogP contribution in [0.25, 0.3) is 0 Å². The maximum Gasteiger partial charge on any atom is 0.107 e. The number of thiazole rings is 1. The van der Waals surface area contributed by atoms with Crippen LogP contribution in [-0.4, -0.2) is 55.1 Å². The van der Waals surface area contributed by atoms with Crippen molar-refractivity contribution in [3.8, 4) is 0 Å². The van der Waals surface area contributed by atoms with E-state index in [2.05, 4.69) is 16.8 Å². The van der Waals surface area contributed by atoms with Crippen molar-refractivity contribution in [3.63, 3.8) is 0 Å². The highest BCUT2D eigenvalue weighted by Crippen LogP contribution is 2.25. The van der Waals surface area contributed by atoms with Gasteiger partial charge in [0.2, 0.25) is 0 Å². The second kappa shape index (κ2) is 6.76. The molecule has 2 rings (SSSR count). The topological polar surface area (TPSA) is 54.6 Å². The summed E-state index contributed by atoms with van der Waals surface area (Å²) in [5.74, 6) is 0. The molecule has 1 unspecified atom stereocenters. The van der Waals surface area contributed by atoms with E-state index in [1.807, 2.05) is 6.92 Å². The lowest BCUT2D eigenvalue weighted by atomic mass is 10.2. The van der Waals surface area contributed by atoms with Crippen molar-refractivity contribution in [2.75, 3.05) is 40.3 Å². The number of hydrogen-bond acceptors (Lipinski definition) is 6. The van der Waals surface area contributed by atoms with Crippen molar-refractivity contribution in [1.82, 2.24) is 14.8 Å². The summed E-state index contributed by atoms with van der Waals surface area (Å²) < 4.78 is 5.20. The summed E-state index contributed by atoms with van der Waals surface area (Å²) in [7, 11) is 3.87. The highest BCUT2D eigenvalue weighted by atomic mass is 32.1. The SMILES string of the molecule is COCc1nc(CN2CCN(C)CC2)sc1C(C)N. The van der Waals surface area contributed by atoms with Crippen molar-refractivity contribution in [1.29, 1.82) is 0 Å². The molecule has 1 aliphatic heterocycles. The van der Waals surface area contributed by atoms with Gasteiger partial charge in [-0.05, 0) is 14.0 Å². The molecule has 0 radical (unpaired) electrons. The largest absolute Gasteiger partial charge is 0.378 e. The molecule has 0 bridgehead atoms. The number of rotatable bonds is 5. The molecule has 1 aromatic heterocycles. The fourth-order valence-corrected chi connectivity index (χ4v) is 3.34. The summed E-state index contributed by atoms with van der Waals surface area (Å²) in [5.41, 5.74) is 7.01. The maximum absolute atomic E-state index is 6.00. The Morgan fingerprint density at radius 2 is 2.05 bits per heavy atom. The van der Waals surface area contributed by atoms with Crippen LogP contribution in [0, 0.1) is 0 Å². The van der Waals surface area contributed by atoms with Crippen LogP contribution < -0.4 is 5.73 Å². The summed E-state index contributed by atoms with van der Waals surface area (Å²) in [4.78, 5) is 10.7. The lowest BCUT2D eigenvalue weighted by Crippen LogP contribution is -2.43.